The molecule has 6 rings (SSSR count). The highest BCUT2D eigenvalue weighted by Gasteiger charge is 2.55. The minimum Gasteiger partial charge on any atom is -0.448 e. The van der Waals surface area contributed by atoms with Gasteiger partial charge in [-0.2, -0.15) is 4.98 Å². The standard InChI is InChI=1S/C32H43N3O3/c1-37-28-15-17-32(25-13-14-29(38-2)34-30(25)28)21-33-20-26(32)31(36)35-18-16-24(22-9-5-3-6-10-22)19-27(35)23-11-7-4-8-12-23/h3,5-6,9-10,13-14,23-24,26-28,33H,4,7-8,11-12,15-21H2,1-2H3/p+1/t24-,26?,27+,28?,32+/m1/s1. The van der Waals surface area contributed by atoms with Crippen LogP contribution in [0, 0.1) is 11.8 Å². The number of benzene rings is 1. The van der Waals surface area contributed by atoms with Crippen LogP contribution in [0.3, 0.4) is 0 Å². The van der Waals surface area contributed by atoms with Crippen LogP contribution in [0.5, 0.6) is 5.88 Å². The SMILES string of the molecule is COc1ccc2c([nH+]1)C(OC)CC[C@]21CNCC1C(=O)N1CC[C@@H](c2ccccc2)C[C@H]1C1CCCCC1. The second-order valence-electron chi connectivity index (χ2n) is 12.1. The van der Waals surface area contributed by atoms with Gasteiger partial charge in [-0.05, 0) is 62.0 Å². The Morgan fingerprint density at radius 2 is 1.84 bits per heavy atom. The number of ether oxygens (including phenoxy) is 2. The van der Waals surface area contributed by atoms with E-state index >= 15 is 0 Å². The average Bonchev–Trinajstić information content (AvgIpc) is 3.41. The summed E-state index contributed by atoms with van der Waals surface area (Å²) < 4.78 is 11.4. The van der Waals surface area contributed by atoms with Gasteiger partial charge in [-0.25, -0.2) is 0 Å². The van der Waals surface area contributed by atoms with E-state index in [1.807, 2.05) is 6.07 Å². The summed E-state index contributed by atoms with van der Waals surface area (Å²) in [5.41, 5.74) is 3.53. The van der Waals surface area contributed by atoms with Gasteiger partial charge in [0.15, 0.2) is 0 Å². The molecular weight excluding hydrogens is 474 g/mol. The first-order chi connectivity index (χ1) is 18.6. The Bertz CT molecular complexity index is 1120. The lowest BCUT2D eigenvalue weighted by atomic mass is 9.64. The van der Waals surface area contributed by atoms with Gasteiger partial charge in [0.2, 0.25) is 11.6 Å². The predicted molar refractivity (Wildman–Crippen MR) is 147 cm³/mol. The van der Waals surface area contributed by atoms with Gasteiger partial charge in [-0.3, -0.25) is 4.79 Å². The number of hydrogen-bond donors (Lipinski definition) is 1. The van der Waals surface area contributed by atoms with Crippen molar-refractivity contribution in [3.63, 3.8) is 0 Å². The number of aromatic nitrogens is 1. The van der Waals surface area contributed by atoms with Crippen molar-refractivity contribution in [1.82, 2.24) is 10.2 Å². The molecule has 4 aliphatic rings. The van der Waals surface area contributed by atoms with Crippen LogP contribution in [0.25, 0.3) is 0 Å². The van der Waals surface area contributed by atoms with Crippen molar-refractivity contribution >= 4 is 5.91 Å². The van der Waals surface area contributed by atoms with Crippen molar-refractivity contribution in [2.75, 3.05) is 33.9 Å². The third kappa shape index (κ3) is 4.54. The number of H-pyrrole nitrogens is 1. The smallest absolute Gasteiger partial charge is 0.366 e. The highest BCUT2D eigenvalue weighted by atomic mass is 16.5. The van der Waals surface area contributed by atoms with Gasteiger partial charge in [0.1, 0.15) is 6.10 Å². The van der Waals surface area contributed by atoms with E-state index in [4.69, 9.17) is 9.47 Å². The van der Waals surface area contributed by atoms with Crippen LogP contribution in [-0.4, -0.2) is 50.7 Å². The normalized spacial score (nSPS) is 31.8. The number of pyridine rings is 1. The quantitative estimate of drug-likeness (QED) is 0.618. The van der Waals surface area contributed by atoms with Crippen LogP contribution in [0.4, 0.5) is 0 Å². The second kappa shape index (κ2) is 11.0. The molecule has 3 fully saturated rings. The maximum Gasteiger partial charge on any atom is 0.366 e. The number of nitrogens with one attached hydrogen (secondary N) is 2. The molecular formula is C32H44N3O3+. The van der Waals surface area contributed by atoms with Crippen molar-refractivity contribution in [3.05, 3.63) is 59.3 Å². The van der Waals surface area contributed by atoms with Gasteiger partial charge < -0.3 is 19.7 Å². The molecule has 1 aromatic heterocycles. The van der Waals surface area contributed by atoms with E-state index in [0.29, 0.717) is 23.8 Å². The van der Waals surface area contributed by atoms with E-state index in [-0.39, 0.29) is 17.4 Å². The number of likely N-dealkylation sites (tertiary alicyclic amines) is 1. The Balaban J connectivity index is 1.31. The van der Waals surface area contributed by atoms with Crippen LogP contribution in [0.15, 0.2) is 42.5 Å². The molecule has 2 saturated heterocycles. The monoisotopic (exact) mass is 518 g/mol. The van der Waals surface area contributed by atoms with Crippen molar-refractivity contribution in [2.45, 2.75) is 81.3 Å². The fourth-order valence-electron chi connectivity index (χ4n) is 8.29. The van der Waals surface area contributed by atoms with Crippen LogP contribution in [-0.2, 0) is 14.9 Å². The van der Waals surface area contributed by atoms with Crippen molar-refractivity contribution < 1.29 is 19.3 Å². The molecule has 1 amide bonds. The average molecular weight is 519 g/mol. The molecule has 2 aromatic rings. The molecule has 3 heterocycles. The minimum absolute atomic E-state index is 0.00122. The highest BCUT2D eigenvalue weighted by molar-refractivity contribution is 5.82. The number of nitrogens with zero attached hydrogens (tertiary/aromatic N) is 1. The zero-order valence-corrected chi connectivity index (χ0v) is 23.1. The molecule has 6 nitrogen and oxygen atoms in total. The molecule has 204 valence electrons. The summed E-state index contributed by atoms with van der Waals surface area (Å²) in [6.07, 6.45) is 10.5. The number of amides is 1. The maximum absolute atomic E-state index is 14.7. The Labute approximate surface area is 227 Å². The Hall–Kier alpha value is -2.44. The number of carbonyl (C=O) groups excluding carboxylic acids is 1. The van der Waals surface area contributed by atoms with E-state index < -0.39 is 0 Å². The number of aromatic amines is 1. The molecule has 5 atom stereocenters. The molecule has 2 N–H and O–H groups in total. The molecule has 0 bridgehead atoms. The first kappa shape index (κ1) is 25.8. The van der Waals surface area contributed by atoms with Gasteiger partial charge in [-0.1, -0.05) is 49.6 Å². The largest absolute Gasteiger partial charge is 0.448 e. The van der Waals surface area contributed by atoms with Gasteiger partial charge in [0.25, 0.3) is 0 Å². The Morgan fingerprint density at radius 1 is 1.03 bits per heavy atom. The van der Waals surface area contributed by atoms with E-state index in [9.17, 15) is 4.79 Å². The van der Waals surface area contributed by atoms with Gasteiger partial charge >= 0.3 is 5.88 Å². The number of piperidine rings is 1. The Kier molecular flexibility index (Phi) is 7.45. The first-order valence-electron chi connectivity index (χ1n) is 14.8. The van der Waals surface area contributed by atoms with E-state index in [1.165, 1.54) is 43.2 Å². The third-order valence-electron chi connectivity index (χ3n) is 10.3. The summed E-state index contributed by atoms with van der Waals surface area (Å²) in [4.78, 5) is 20.5. The van der Waals surface area contributed by atoms with Crippen molar-refractivity contribution in [2.24, 2.45) is 11.8 Å². The maximum atomic E-state index is 14.7. The van der Waals surface area contributed by atoms with Crippen LogP contribution < -0.4 is 15.0 Å². The zero-order valence-electron chi connectivity index (χ0n) is 23.1. The summed E-state index contributed by atoms with van der Waals surface area (Å²) in [6, 6.07) is 15.5. The molecule has 1 saturated carbocycles. The second-order valence-corrected chi connectivity index (χ2v) is 12.1. The fourth-order valence-corrected chi connectivity index (χ4v) is 8.29. The van der Waals surface area contributed by atoms with Gasteiger partial charge in [0.05, 0.1) is 19.1 Å². The Morgan fingerprint density at radius 3 is 2.61 bits per heavy atom. The van der Waals surface area contributed by atoms with E-state index in [1.54, 1.807) is 14.2 Å². The number of carbonyl (C=O) groups is 1. The van der Waals surface area contributed by atoms with Crippen molar-refractivity contribution in [1.29, 1.82) is 0 Å². The molecule has 0 radical (unpaired) electrons. The molecule has 1 aromatic carbocycles. The molecule has 1 spiro atoms. The lowest BCUT2D eigenvalue weighted by Crippen LogP contribution is -2.55. The first-order valence-corrected chi connectivity index (χ1v) is 14.8. The lowest BCUT2D eigenvalue weighted by molar-refractivity contribution is -0.416. The number of hydrogen-bond acceptors (Lipinski definition) is 4. The van der Waals surface area contributed by atoms with Crippen LogP contribution >= 0.6 is 0 Å². The number of rotatable bonds is 5. The topological polar surface area (TPSA) is 64.9 Å². The minimum atomic E-state index is -0.211. The molecule has 38 heavy (non-hydrogen) atoms. The fraction of sp³-hybridized carbons (Fsp3) is 0.625. The zero-order chi connectivity index (χ0) is 26.1. The summed E-state index contributed by atoms with van der Waals surface area (Å²) in [5, 5.41) is 3.65. The van der Waals surface area contributed by atoms with Crippen LogP contribution in [0.2, 0.25) is 0 Å². The molecule has 2 aliphatic carbocycles. The lowest BCUT2D eigenvalue weighted by Gasteiger charge is -2.48. The highest BCUT2D eigenvalue weighted by Crippen LogP contribution is 2.49. The van der Waals surface area contributed by atoms with E-state index in [2.05, 4.69) is 51.6 Å². The summed E-state index contributed by atoms with van der Waals surface area (Å²) in [5.74, 6) is 2.22. The summed E-state index contributed by atoms with van der Waals surface area (Å²) in [6.45, 7) is 2.45. The summed E-state index contributed by atoms with van der Waals surface area (Å²) in [7, 11) is 3.47. The molecule has 2 aliphatic heterocycles. The number of fused-ring (bicyclic) bond motifs is 2. The summed E-state index contributed by atoms with van der Waals surface area (Å²) >= 11 is 0. The van der Waals surface area contributed by atoms with Crippen molar-refractivity contribution in [3.8, 4) is 5.88 Å². The third-order valence-corrected chi connectivity index (χ3v) is 10.3. The molecule has 2 unspecified atom stereocenters. The van der Waals surface area contributed by atoms with Crippen LogP contribution in [0.1, 0.15) is 86.6 Å². The number of methoxy groups -OCH3 is 2. The van der Waals surface area contributed by atoms with Gasteiger partial charge in [0, 0.05) is 43.8 Å². The van der Waals surface area contributed by atoms with Gasteiger partial charge in [-0.15, -0.1) is 0 Å². The molecule has 6 heteroatoms. The predicted octanol–water partition coefficient (Wildman–Crippen LogP) is 4.80. The van der Waals surface area contributed by atoms with E-state index in [0.717, 1.165) is 56.9 Å².